The molecular weight excluding hydrogens is 272 g/mol. The molecule has 0 aliphatic rings. The van der Waals surface area contributed by atoms with Gasteiger partial charge in [-0.1, -0.05) is 29.8 Å². The molecular formula is C14H16N4O3. The van der Waals surface area contributed by atoms with E-state index >= 15 is 0 Å². The SMILES string of the molecule is Cc1ccc(CNC(=O)Cn2cc([N+](=O)[O-])nc2C)cc1. The largest absolute Gasteiger partial charge is 0.381 e. The molecule has 0 atom stereocenters. The van der Waals surface area contributed by atoms with Crippen molar-refractivity contribution in [1.82, 2.24) is 14.9 Å². The van der Waals surface area contributed by atoms with Crippen LogP contribution in [0.1, 0.15) is 17.0 Å². The van der Waals surface area contributed by atoms with Gasteiger partial charge in [-0.15, -0.1) is 0 Å². The molecule has 0 fully saturated rings. The molecule has 1 amide bonds. The third-order valence-corrected chi connectivity index (χ3v) is 3.07. The maximum Gasteiger partial charge on any atom is 0.381 e. The zero-order chi connectivity index (χ0) is 15.4. The van der Waals surface area contributed by atoms with Crippen LogP contribution in [-0.2, 0) is 17.9 Å². The minimum Gasteiger partial charge on any atom is -0.358 e. The number of nitrogens with one attached hydrogen (secondary N) is 1. The maximum atomic E-state index is 11.9. The number of imidazole rings is 1. The average Bonchev–Trinajstić information content (AvgIpc) is 2.80. The highest BCUT2D eigenvalue weighted by atomic mass is 16.6. The fourth-order valence-electron chi connectivity index (χ4n) is 1.86. The van der Waals surface area contributed by atoms with Crippen LogP contribution < -0.4 is 5.32 Å². The van der Waals surface area contributed by atoms with E-state index in [-0.39, 0.29) is 18.3 Å². The molecule has 0 unspecified atom stereocenters. The number of hydrogen-bond acceptors (Lipinski definition) is 4. The van der Waals surface area contributed by atoms with Crippen LogP contribution in [0.4, 0.5) is 5.82 Å². The van der Waals surface area contributed by atoms with Gasteiger partial charge in [-0.3, -0.25) is 9.36 Å². The summed E-state index contributed by atoms with van der Waals surface area (Å²) < 4.78 is 1.46. The molecule has 0 bridgehead atoms. The first-order chi connectivity index (χ1) is 9.95. The molecule has 7 heteroatoms. The lowest BCUT2D eigenvalue weighted by Crippen LogP contribution is -2.27. The Morgan fingerprint density at radius 1 is 1.33 bits per heavy atom. The Morgan fingerprint density at radius 3 is 2.57 bits per heavy atom. The van der Waals surface area contributed by atoms with E-state index < -0.39 is 4.92 Å². The molecule has 2 aromatic rings. The van der Waals surface area contributed by atoms with Crippen LogP contribution in [0.25, 0.3) is 0 Å². The van der Waals surface area contributed by atoms with Gasteiger partial charge in [0, 0.05) is 13.5 Å². The topological polar surface area (TPSA) is 90.1 Å². The number of rotatable bonds is 5. The number of carbonyl (C=O) groups is 1. The summed E-state index contributed by atoms with van der Waals surface area (Å²) in [5.74, 6) is -0.0306. The van der Waals surface area contributed by atoms with E-state index in [1.165, 1.54) is 10.8 Å². The van der Waals surface area contributed by atoms with Crippen molar-refractivity contribution in [3.63, 3.8) is 0 Å². The maximum absolute atomic E-state index is 11.9. The smallest absolute Gasteiger partial charge is 0.358 e. The Hall–Kier alpha value is -2.70. The van der Waals surface area contributed by atoms with Gasteiger partial charge in [-0.2, -0.15) is 0 Å². The molecule has 0 saturated carbocycles. The molecule has 1 N–H and O–H groups in total. The molecule has 0 saturated heterocycles. The van der Waals surface area contributed by atoms with Crippen LogP contribution in [-0.4, -0.2) is 20.4 Å². The first-order valence-corrected chi connectivity index (χ1v) is 6.46. The van der Waals surface area contributed by atoms with E-state index in [0.717, 1.165) is 11.1 Å². The van der Waals surface area contributed by atoms with E-state index in [9.17, 15) is 14.9 Å². The number of carbonyl (C=O) groups excluding carboxylic acids is 1. The van der Waals surface area contributed by atoms with Gasteiger partial charge in [0.05, 0.1) is 0 Å². The Morgan fingerprint density at radius 2 is 2.00 bits per heavy atom. The molecule has 21 heavy (non-hydrogen) atoms. The quantitative estimate of drug-likeness (QED) is 0.670. The van der Waals surface area contributed by atoms with Crippen molar-refractivity contribution in [2.45, 2.75) is 26.9 Å². The zero-order valence-corrected chi connectivity index (χ0v) is 11.9. The first-order valence-electron chi connectivity index (χ1n) is 6.46. The van der Waals surface area contributed by atoms with Gasteiger partial charge >= 0.3 is 5.82 Å². The van der Waals surface area contributed by atoms with Crippen molar-refractivity contribution >= 4 is 11.7 Å². The highest BCUT2D eigenvalue weighted by Gasteiger charge is 2.16. The third kappa shape index (κ3) is 3.88. The van der Waals surface area contributed by atoms with Crippen LogP contribution >= 0.6 is 0 Å². The lowest BCUT2D eigenvalue weighted by molar-refractivity contribution is -0.389. The van der Waals surface area contributed by atoms with Crippen molar-refractivity contribution in [2.75, 3.05) is 0 Å². The van der Waals surface area contributed by atoms with Crippen molar-refractivity contribution in [1.29, 1.82) is 0 Å². The molecule has 110 valence electrons. The van der Waals surface area contributed by atoms with Crippen LogP contribution in [0.3, 0.4) is 0 Å². The molecule has 0 spiro atoms. The van der Waals surface area contributed by atoms with Gasteiger partial charge in [0.2, 0.25) is 11.7 Å². The van der Waals surface area contributed by atoms with Gasteiger partial charge in [-0.05, 0) is 22.4 Å². The molecule has 2 rings (SSSR count). The van der Waals surface area contributed by atoms with Crippen LogP contribution in [0.2, 0.25) is 0 Å². The Labute approximate surface area is 121 Å². The summed E-state index contributed by atoms with van der Waals surface area (Å²) in [4.78, 5) is 25.7. The Kier molecular flexibility index (Phi) is 4.32. The number of aromatic nitrogens is 2. The highest BCUT2D eigenvalue weighted by Crippen LogP contribution is 2.10. The summed E-state index contributed by atoms with van der Waals surface area (Å²) in [6.45, 7) is 4.06. The second kappa shape index (κ2) is 6.17. The molecule has 0 radical (unpaired) electrons. The fraction of sp³-hybridized carbons (Fsp3) is 0.286. The molecule has 1 aromatic heterocycles. The number of aryl methyl sites for hydroxylation is 2. The van der Waals surface area contributed by atoms with Crippen LogP contribution in [0.15, 0.2) is 30.5 Å². The van der Waals surface area contributed by atoms with E-state index in [0.29, 0.717) is 12.4 Å². The fourth-order valence-corrected chi connectivity index (χ4v) is 1.86. The van der Waals surface area contributed by atoms with Gasteiger partial charge < -0.3 is 15.4 Å². The first kappa shape index (κ1) is 14.7. The van der Waals surface area contributed by atoms with Crippen LogP contribution in [0.5, 0.6) is 0 Å². The minimum absolute atomic E-state index is 0.0124. The summed E-state index contributed by atoms with van der Waals surface area (Å²) in [5, 5.41) is 13.4. The summed E-state index contributed by atoms with van der Waals surface area (Å²) in [7, 11) is 0. The summed E-state index contributed by atoms with van der Waals surface area (Å²) in [6, 6.07) is 7.85. The third-order valence-electron chi connectivity index (χ3n) is 3.07. The molecule has 0 aliphatic heterocycles. The number of hydrogen-bond donors (Lipinski definition) is 1. The second-order valence-electron chi connectivity index (χ2n) is 4.79. The summed E-state index contributed by atoms with van der Waals surface area (Å²) in [6.07, 6.45) is 1.26. The minimum atomic E-state index is -0.576. The molecule has 1 aromatic carbocycles. The zero-order valence-electron chi connectivity index (χ0n) is 11.9. The van der Waals surface area contributed by atoms with Gasteiger partial charge in [0.25, 0.3) is 0 Å². The standard InChI is InChI=1S/C14H16N4O3/c1-10-3-5-12(6-4-10)7-15-14(19)9-17-8-13(18(20)21)16-11(17)2/h3-6,8H,7,9H2,1-2H3,(H,15,19). The number of benzene rings is 1. The molecule has 0 aliphatic carbocycles. The number of nitro groups is 1. The normalized spacial score (nSPS) is 10.4. The number of amides is 1. The van der Waals surface area contributed by atoms with Gasteiger partial charge in [0.15, 0.2) is 0 Å². The Balaban J connectivity index is 1.92. The van der Waals surface area contributed by atoms with Gasteiger partial charge in [-0.25, -0.2) is 0 Å². The predicted octanol–water partition coefficient (Wildman–Crippen LogP) is 1.72. The summed E-state index contributed by atoms with van der Waals surface area (Å²) in [5.41, 5.74) is 2.16. The van der Waals surface area contributed by atoms with Crippen molar-refractivity contribution in [2.24, 2.45) is 0 Å². The Bertz CT molecular complexity index is 661. The van der Waals surface area contributed by atoms with E-state index in [1.807, 2.05) is 31.2 Å². The second-order valence-corrected chi connectivity index (χ2v) is 4.79. The van der Waals surface area contributed by atoms with Crippen molar-refractivity contribution in [3.05, 3.63) is 57.5 Å². The van der Waals surface area contributed by atoms with Crippen LogP contribution in [0, 0.1) is 24.0 Å². The molecule has 7 nitrogen and oxygen atoms in total. The number of nitrogens with zero attached hydrogens (tertiary/aromatic N) is 3. The highest BCUT2D eigenvalue weighted by molar-refractivity contribution is 5.75. The average molecular weight is 288 g/mol. The van der Waals surface area contributed by atoms with E-state index in [4.69, 9.17) is 0 Å². The summed E-state index contributed by atoms with van der Waals surface area (Å²) >= 11 is 0. The van der Waals surface area contributed by atoms with Crippen molar-refractivity contribution < 1.29 is 9.72 Å². The predicted molar refractivity (Wildman–Crippen MR) is 76.6 cm³/mol. The lowest BCUT2D eigenvalue weighted by atomic mass is 10.1. The van der Waals surface area contributed by atoms with E-state index in [2.05, 4.69) is 10.3 Å². The molecule has 1 heterocycles. The van der Waals surface area contributed by atoms with Gasteiger partial charge in [0.1, 0.15) is 12.7 Å². The van der Waals surface area contributed by atoms with Crippen molar-refractivity contribution in [3.8, 4) is 0 Å². The van der Waals surface area contributed by atoms with E-state index in [1.54, 1.807) is 6.92 Å². The monoisotopic (exact) mass is 288 g/mol. The lowest BCUT2D eigenvalue weighted by Gasteiger charge is -2.06.